The van der Waals surface area contributed by atoms with E-state index in [2.05, 4.69) is 21.2 Å². The van der Waals surface area contributed by atoms with Crippen molar-refractivity contribution in [2.24, 2.45) is 0 Å². The van der Waals surface area contributed by atoms with Gasteiger partial charge in [-0.1, -0.05) is 22.0 Å². The van der Waals surface area contributed by atoms with Gasteiger partial charge in [0.15, 0.2) is 0 Å². The molecule has 5 heteroatoms. The summed E-state index contributed by atoms with van der Waals surface area (Å²) in [6, 6.07) is 10.7. The van der Waals surface area contributed by atoms with Gasteiger partial charge in [0.25, 0.3) is 0 Å². The van der Waals surface area contributed by atoms with Crippen molar-refractivity contribution in [3.63, 3.8) is 0 Å². The third-order valence-electron chi connectivity index (χ3n) is 3.08. The number of hydrogen-bond donors (Lipinski definition) is 3. The first kappa shape index (κ1) is 14.4. The number of benzene rings is 2. The number of halogens is 1. The van der Waals surface area contributed by atoms with Gasteiger partial charge in [-0.05, 0) is 48.4 Å². The van der Waals surface area contributed by atoms with Crippen LogP contribution in [0.1, 0.15) is 21.5 Å². The lowest BCUT2D eigenvalue weighted by Crippen LogP contribution is -2.06. The van der Waals surface area contributed by atoms with E-state index in [9.17, 15) is 4.79 Å². The van der Waals surface area contributed by atoms with Gasteiger partial charge in [0.2, 0.25) is 0 Å². The van der Waals surface area contributed by atoms with Crippen LogP contribution in [0.4, 0.5) is 11.4 Å². The molecular weight excluding hydrogens is 320 g/mol. The van der Waals surface area contributed by atoms with Crippen LogP contribution in [-0.4, -0.2) is 11.1 Å². The Balaban J connectivity index is 2.20. The van der Waals surface area contributed by atoms with Crippen LogP contribution in [0.2, 0.25) is 0 Å². The zero-order valence-electron chi connectivity index (χ0n) is 11.0. The minimum absolute atomic E-state index is 0.215. The van der Waals surface area contributed by atoms with Crippen molar-refractivity contribution >= 4 is 33.3 Å². The van der Waals surface area contributed by atoms with Crippen molar-refractivity contribution in [1.29, 1.82) is 0 Å². The number of aryl methyl sites for hydroxylation is 1. The smallest absolute Gasteiger partial charge is 0.335 e. The molecule has 4 N–H and O–H groups in total. The van der Waals surface area contributed by atoms with Crippen LogP contribution in [0.3, 0.4) is 0 Å². The molecule has 20 heavy (non-hydrogen) atoms. The van der Waals surface area contributed by atoms with Crippen molar-refractivity contribution in [2.75, 3.05) is 11.1 Å². The van der Waals surface area contributed by atoms with E-state index in [0.29, 0.717) is 17.9 Å². The van der Waals surface area contributed by atoms with Gasteiger partial charge in [-0.25, -0.2) is 4.79 Å². The lowest BCUT2D eigenvalue weighted by molar-refractivity contribution is 0.0697. The number of nitrogen functional groups attached to an aromatic ring is 1. The predicted octanol–water partition coefficient (Wildman–Crippen LogP) is 3.65. The highest BCUT2D eigenvalue weighted by molar-refractivity contribution is 9.10. The highest BCUT2D eigenvalue weighted by atomic mass is 79.9. The summed E-state index contributed by atoms with van der Waals surface area (Å²) in [5, 5.41) is 12.2. The molecule has 0 aliphatic rings. The van der Waals surface area contributed by atoms with Gasteiger partial charge in [0, 0.05) is 11.0 Å². The molecule has 104 valence electrons. The summed E-state index contributed by atoms with van der Waals surface area (Å²) in [5.41, 5.74) is 9.52. The molecule has 0 amide bonds. The van der Waals surface area contributed by atoms with Crippen LogP contribution < -0.4 is 11.1 Å². The van der Waals surface area contributed by atoms with Crippen molar-refractivity contribution in [3.05, 3.63) is 57.6 Å². The van der Waals surface area contributed by atoms with Gasteiger partial charge in [0.1, 0.15) is 0 Å². The van der Waals surface area contributed by atoms with Crippen LogP contribution in [0.15, 0.2) is 40.9 Å². The molecule has 0 aliphatic heterocycles. The molecule has 0 heterocycles. The first-order chi connectivity index (χ1) is 9.47. The SMILES string of the molecule is Cc1ccc(Br)cc1CNc1cc(C(=O)O)ccc1N. The maximum absolute atomic E-state index is 11.0. The molecule has 2 aromatic carbocycles. The number of nitrogens with two attached hydrogens (primary N) is 1. The van der Waals surface area contributed by atoms with Crippen molar-refractivity contribution in [1.82, 2.24) is 0 Å². The van der Waals surface area contributed by atoms with E-state index < -0.39 is 5.97 Å². The van der Waals surface area contributed by atoms with Crippen LogP contribution in [0.5, 0.6) is 0 Å². The first-order valence-electron chi connectivity index (χ1n) is 6.09. The summed E-state index contributed by atoms with van der Waals surface area (Å²) in [6.45, 7) is 2.61. The zero-order valence-corrected chi connectivity index (χ0v) is 12.6. The highest BCUT2D eigenvalue weighted by Crippen LogP contribution is 2.22. The fraction of sp³-hybridized carbons (Fsp3) is 0.133. The number of carbonyl (C=O) groups is 1. The Morgan fingerprint density at radius 1 is 1.30 bits per heavy atom. The molecule has 0 bridgehead atoms. The van der Waals surface area contributed by atoms with Gasteiger partial charge < -0.3 is 16.2 Å². The quantitative estimate of drug-likeness (QED) is 0.746. The van der Waals surface area contributed by atoms with E-state index in [0.717, 1.165) is 15.6 Å². The third-order valence-corrected chi connectivity index (χ3v) is 3.57. The number of nitrogens with one attached hydrogen (secondary N) is 1. The van der Waals surface area contributed by atoms with Crippen LogP contribution in [-0.2, 0) is 6.54 Å². The Bertz CT molecular complexity index is 656. The number of hydrogen-bond acceptors (Lipinski definition) is 3. The second-order valence-corrected chi connectivity index (χ2v) is 5.45. The molecule has 0 fully saturated rings. The Labute approximate surface area is 125 Å². The molecule has 0 spiro atoms. The van der Waals surface area contributed by atoms with Gasteiger partial charge in [-0.3, -0.25) is 0 Å². The van der Waals surface area contributed by atoms with E-state index in [1.165, 1.54) is 6.07 Å². The average molecular weight is 335 g/mol. The maximum Gasteiger partial charge on any atom is 0.335 e. The normalized spacial score (nSPS) is 10.3. The molecule has 0 radical (unpaired) electrons. The summed E-state index contributed by atoms with van der Waals surface area (Å²) in [5.74, 6) is -0.966. The molecule has 0 aliphatic carbocycles. The molecule has 0 saturated heterocycles. The Kier molecular flexibility index (Phi) is 4.29. The Morgan fingerprint density at radius 3 is 2.75 bits per heavy atom. The number of carboxylic acids is 1. The van der Waals surface area contributed by atoms with Gasteiger partial charge >= 0.3 is 5.97 Å². The van der Waals surface area contributed by atoms with Gasteiger partial charge in [0.05, 0.1) is 16.9 Å². The second-order valence-electron chi connectivity index (χ2n) is 4.53. The topological polar surface area (TPSA) is 75.3 Å². The van der Waals surface area contributed by atoms with Gasteiger partial charge in [-0.2, -0.15) is 0 Å². The minimum atomic E-state index is -0.966. The zero-order chi connectivity index (χ0) is 14.7. The molecule has 0 aromatic heterocycles. The lowest BCUT2D eigenvalue weighted by Gasteiger charge is -2.12. The fourth-order valence-electron chi connectivity index (χ4n) is 1.86. The number of aromatic carboxylic acids is 1. The molecule has 0 unspecified atom stereocenters. The Morgan fingerprint density at radius 2 is 2.05 bits per heavy atom. The second kappa shape index (κ2) is 5.96. The number of carboxylic acid groups (broad SMARTS) is 1. The summed E-state index contributed by atoms with van der Waals surface area (Å²) in [6.07, 6.45) is 0. The van der Waals surface area contributed by atoms with Crippen LogP contribution in [0.25, 0.3) is 0 Å². The highest BCUT2D eigenvalue weighted by Gasteiger charge is 2.07. The largest absolute Gasteiger partial charge is 0.478 e. The van der Waals surface area contributed by atoms with Crippen molar-refractivity contribution < 1.29 is 9.90 Å². The van der Waals surface area contributed by atoms with Crippen molar-refractivity contribution in [3.8, 4) is 0 Å². The summed E-state index contributed by atoms with van der Waals surface area (Å²) < 4.78 is 1.01. The van der Waals surface area contributed by atoms with E-state index in [4.69, 9.17) is 10.8 Å². The first-order valence-corrected chi connectivity index (χ1v) is 6.88. The third kappa shape index (κ3) is 3.30. The van der Waals surface area contributed by atoms with E-state index in [1.807, 2.05) is 25.1 Å². The van der Waals surface area contributed by atoms with Crippen LogP contribution in [0, 0.1) is 6.92 Å². The number of rotatable bonds is 4. The Hall–Kier alpha value is -2.01. The monoisotopic (exact) mass is 334 g/mol. The van der Waals surface area contributed by atoms with Gasteiger partial charge in [-0.15, -0.1) is 0 Å². The molecule has 2 aromatic rings. The van der Waals surface area contributed by atoms with Crippen LogP contribution >= 0.6 is 15.9 Å². The van der Waals surface area contributed by atoms with E-state index in [-0.39, 0.29) is 5.56 Å². The lowest BCUT2D eigenvalue weighted by atomic mass is 10.1. The summed E-state index contributed by atoms with van der Waals surface area (Å²) >= 11 is 3.44. The molecule has 0 saturated carbocycles. The molecule has 2 rings (SSSR count). The minimum Gasteiger partial charge on any atom is -0.478 e. The predicted molar refractivity (Wildman–Crippen MR) is 84.0 cm³/mol. The molecule has 4 nitrogen and oxygen atoms in total. The maximum atomic E-state index is 11.0. The standard InChI is InChI=1S/C15H15BrN2O2/c1-9-2-4-12(16)6-11(9)8-18-14-7-10(15(19)20)3-5-13(14)17/h2-7,18H,8,17H2,1H3,(H,19,20). The average Bonchev–Trinajstić information content (AvgIpc) is 2.41. The van der Waals surface area contributed by atoms with Crippen molar-refractivity contribution in [2.45, 2.75) is 13.5 Å². The van der Waals surface area contributed by atoms with E-state index >= 15 is 0 Å². The molecule has 0 atom stereocenters. The summed E-state index contributed by atoms with van der Waals surface area (Å²) in [4.78, 5) is 11.0. The molecular formula is C15H15BrN2O2. The number of anilines is 2. The summed E-state index contributed by atoms with van der Waals surface area (Å²) in [7, 11) is 0. The fourth-order valence-corrected chi connectivity index (χ4v) is 2.27. The van der Waals surface area contributed by atoms with E-state index in [1.54, 1.807) is 12.1 Å².